The van der Waals surface area contributed by atoms with Crippen molar-refractivity contribution in [2.75, 3.05) is 4.90 Å². The zero-order valence-electron chi connectivity index (χ0n) is 34.2. The molecular formula is C56H50N2. The van der Waals surface area contributed by atoms with Gasteiger partial charge in [-0.05, 0) is 128 Å². The number of benzene rings is 7. The molecule has 284 valence electrons. The van der Waals surface area contributed by atoms with Gasteiger partial charge < -0.3 is 9.47 Å². The Balaban J connectivity index is 1.11. The summed E-state index contributed by atoms with van der Waals surface area (Å²) >= 11 is 0. The molecule has 0 amide bonds. The molecule has 0 aliphatic heterocycles. The molecule has 58 heavy (non-hydrogen) atoms. The number of rotatable bonds is 8. The topological polar surface area (TPSA) is 8.17 Å². The van der Waals surface area contributed by atoms with Crippen molar-refractivity contribution >= 4 is 28.4 Å². The van der Waals surface area contributed by atoms with Gasteiger partial charge in [0.1, 0.15) is 0 Å². The first-order valence-corrected chi connectivity index (χ1v) is 20.9. The normalized spacial score (nSPS) is 15.2. The summed E-state index contributed by atoms with van der Waals surface area (Å²) in [6, 6.07) is 63.3. The number of nitrogens with zero attached hydrogens (tertiary/aromatic N) is 2. The number of para-hydroxylation sites is 1. The van der Waals surface area contributed by atoms with Crippen LogP contribution in [0.3, 0.4) is 0 Å². The quantitative estimate of drug-likeness (QED) is 0.150. The summed E-state index contributed by atoms with van der Waals surface area (Å²) in [5.74, 6) is 0. The Kier molecular flexibility index (Phi) is 8.64. The van der Waals surface area contributed by atoms with Gasteiger partial charge in [0.05, 0.1) is 11.6 Å². The molecular weight excluding hydrogens is 701 g/mol. The van der Waals surface area contributed by atoms with Crippen molar-refractivity contribution in [1.82, 2.24) is 4.57 Å². The van der Waals surface area contributed by atoms with E-state index in [4.69, 9.17) is 0 Å². The molecule has 8 aromatic rings. The summed E-state index contributed by atoms with van der Waals surface area (Å²) in [4.78, 5) is 2.58. The lowest BCUT2D eigenvalue weighted by Gasteiger charge is -2.35. The number of hydrogen-bond acceptors (Lipinski definition) is 1. The first-order chi connectivity index (χ1) is 28.2. The van der Waals surface area contributed by atoms with Crippen LogP contribution in [0.4, 0.5) is 11.4 Å². The van der Waals surface area contributed by atoms with Crippen LogP contribution in [0.15, 0.2) is 176 Å². The van der Waals surface area contributed by atoms with Crippen LogP contribution >= 0.6 is 0 Å². The molecule has 0 N–H and O–H groups in total. The number of aromatic nitrogens is 1. The predicted octanol–water partition coefficient (Wildman–Crippen LogP) is 14.7. The standard InChI is InChI=1S/C56H50N2/c1-6-55(2,3)42-26-21-40(22-27-42)41-25-33-53-49(35-41)50-36-45(31-34-54(50)58(53)43-17-11-8-12-18-43)57(44-28-23-39(24-29-44)38-15-9-7-10-16-38)46-30-32-48-47-19-13-14-20-51(47)56(4,5)52(48)37-46/h7-35,37,45H,6,36H2,1-5H3. The van der Waals surface area contributed by atoms with Crippen molar-refractivity contribution in [1.29, 1.82) is 0 Å². The minimum absolute atomic E-state index is 0.0917. The summed E-state index contributed by atoms with van der Waals surface area (Å²) in [7, 11) is 0. The highest BCUT2D eigenvalue weighted by Gasteiger charge is 2.36. The highest BCUT2D eigenvalue weighted by atomic mass is 15.2. The molecule has 1 unspecified atom stereocenters. The molecule has 0 saturated carbocycles. The Morgan fingerprint density at radius 3 is 1.95 bits per heavy atom. The van der Waals surface area contributed by atoms with Crippen LogP contribution in [0.25, 0.3) is 56.0 Å². The first-order valence-electron chi connectivity index (χ1n) is 20.9. The van der Waals surface area contributed by atoms with E-state index in [-0.39, 0.29) is 16.9 Å². The SMILES string of the molecule is CCC(C)(C)c1ccc(-c2ccc3c(c2)c2c(n3-c3ccccc3)C=CC(N(c3ccc(-c4ccccc4)cc3)c3ccc4c(c3)C(C)(C)c3ccccc3-4)C2)cc1. The second kappa shape index (κ2) is 13.9. The summed E-state index contributed by atoms with van der Waals surface area (Å²) < 4.78 is 2.46. The van der Waals surface area contributed by atoms with E-state index in [0.717, 1.165) is 12.8 Å². The Morgan fingerprint density at radius 2 is 1.21 bits per heavy atom. The highest BCUT2D eigenvalue weighted by Crippen LogP contribution is 2.50. The van der Waals surface area contributed by atoms with Crippen molar-refractivity contribution in [3.05, 3.63) is 204 Å². The van der Waals surface area contributed by atoms with E-state index < -0.39 is 0 Å². The molecule has 0 spiro atoms. The highest BCUT2D eigenvalue weighted by molar-refractivity contribution is 5.94. The van der Waals surface area contributed by atoms with Crippen LogP contribution in [0, 0.1) is 0 Å². The number of anilines is 2. The van der Waals surface area contributed by atoms with Gasteiger partial charge in [0.2, 0.25) is 0 Å². The van der Waals surface area contributed by atoms with Crippen LogP contribution < -0.4 is 4.90 Å². The van der Waals surface area contributed by atoms with E-state index in [0.29, 0.717) is 0 Å². The van der Waals surface area contributed by atoms with Crippen molar-refractivity contribution in [2.24, 2.45) is 0 Å². The second-order valence-corrected chi connectivity index (χ2v) is 17.4. The van der Waals surface area contributed by atoms with Crippen LogP contribution in [-0.4, -0.2) is 10.6 Å². The largest absolute Gasteiger partial charge is 0.334 e. The van der Waals surface area contributed by atoms with Gasteiger partial charge in [0.25, 0.3) is 0 Å². The van der Waals surface area contributed by atoms with Crippen LogP contribution in [0.1, 0.15) is 69.0 Å². The monoisotopic (exact) mass is 750 g/mol. The second-order valence-electron chi connectivity index (χ2n) is 17.4. The molecule has 2 nitrogen and oxygen atoms in total. The molecule has 1 aromatic heterocycles. The lowest BCUT2D eigenvalue weighted by molar-refractivity contribution is 0.506. The maximum absolute atomic E-state index is 2.58. The van der Waals surface area contributed by atoms with Crippen LogP contribution in [0.2, 0.25) is 0 Å². The molecule has 2 aliphatic carbocycles. The van der Waals surface area contributed by atoms with Gasteiger partial charge in [0.15, 0.2) is 0 Å². The summed E-state index contributed by atoms with van der Waals surface area (Å²) in [6.07, 6.45) is 6.80. The zero-order valence-corrected chi connectivity index (χ0v) is 34.2. The van der Waals surface area contributed by atoms with Crippen molar-refractivity contribution in [3.63, 3.8) is 0 Å². The average molecular weight is 751 g/mol. The zero-order chi connectivity index (χ0) is 39.6. The maximum Gasteiger partial charge on any atom is 0.0567 e. The third kappa shape index (κ3) is 5.93. The lowest BCUT2D eigenvalue weighted by atomic mass is 9.82. The molecule has 0 saturated heterocycles. The molecule has 0 bridgehead atoms. The molecule has 10 rings (SSSR count). The van der Waals surface area contributed by atoms with Crippen molar-refractivity contribution < 1.29 is 0 Å². The number of hydrogen-bond donors (Lipinski definition) is 0. The van der Waals surface area contributed by atoms with Gasteiger partial charge in [-0.2, -0.15) is 0 Å². The van der Waals surface area contributed by atoms with E-state index in [1.165, 1.54) is 89.3 Å². The first kappa shape index (κ1) is 36.0. The van der Waals surface area contributed by atoms with Crippen molar-refractivity contribution in [2.45, 2.75) is 64.3 Å². The van der Waals surface area contributed by atoms with Crippen LogP contribution in [0.5, 0.6) is 0 Å². The van der Waals surface area contributed by atoms with Crippen molar-refractivity contribution in [3.8, 4) is 39.1 Å². The summed E-state index contributed by atoms with van der Waals surface area (Å²) in [5, 5.41) is 1.31. The predicted molar refractivity (Wildman–Crippen MR) is 247 cm³/mol. The molecule has 2 heteroatoms. The smallest absolute Gasteiger partial charge is 0.0567 e. The fourth-order valence-corrected chi connectivity index (χ4v) is 9.59. The van der Waals surface area contributed by atoms with Gasteiger partial charge in [-0.1, -0.05) is 162 Å². The molecule has 2 aliphatic rings. The molecule has 1 heterocycles. The van der Waals surface area contributed by atoms with E-state index in [1.807, 2.05) is 0 Å². The van der Waals surface area contributed by atoms with Gasteiger partial charge >= 0.3 is 0 Å². The fraction of sp³-hybridized carbons (Fsp3) is 0.179. The van der Waals surface area contributed by atoms with Gasteiger partial charge in [-0.3, -0.25) is 0 Å². The van der Waals surface area contributed by atoms with Crippen LogP contribution in [-0.2, 0) is 17.3 Å². The fourth-order valence-electron chi connectivity index (χ4n) is 9.59. The lowest BCUT2D eigenvalue weighted by Crippen LogP contribution is -2.33. The molecule has 1 atom stereocenters. The third-order valence-corrected chi connectivity index (χ3v) is 13.3. The minimum atomic E-state index is -0.0929. The van der Waals surface area contributed by atoms with Gasteiger partial charge in [0, 0.05) is 33.6 Å². The molecule has 7 aromatic carbocycles. The van der Waals surface area contributed by atoms with E-state index in [9.17, 15) is 0 Å². The van der Waals surface area contributed by atoms with Gasteiger partial charge in [-0.25, -0.2) is 0 Å². The average Bonchev–Trinajstić information content (AvgIpc) is 3.72. The Morgan fingerprint density at radius 1 is 0.603 bits per heavy atom. The Bertz CT molecular complexity index is 2820. The third-order valence-electron chi connectivity index (χ3n) is 13.3. The van der Waals surface area contributed by atoms with E-state index in [1.54, 1.807) is 0 Å². The van der Waals surface area contributed by atoms with E-state index in [2.05, 4.69) is 226 Å². The van der Waals surface area contributed by atoms with E-state index >= 15 is 0 Å². The molecule has 0 radical (unpaired) electrons. The Labute approximate surface area is 343 Å². The van der Waals surface area contributed by atoms with Gasteiger partial charge in [-0.15, -0.1) is 0 Å². The summed E-state index contributed by atoms with van der Waals surface area (Å²) in [6.45, 7) is 11.7. The Hall–Kier alpha value is -6.38. The number of fused-ring (bicyclic) bond motifs is 6. The molecule has 0 fully saturated rings. The minimum Gasteiger partial charge on any atom is -0.334 e. The summed E-state index contributed by atoms with van der Waals surface area (Å²) in [5.41, 5.74) is 19.4. The maximum atomic E-state index is 2.58.